The second-order valence-corrected chi connectivity index (χ2v) is 5.82. The summed E-state index contributed by atoms with van der Waals surface area (Å²) in [7, 11) is 0. The van der Waals surface area contributed by atoms with E-state index in [1.807, 2.05) is 19.1 Å². The van der Waals surface area contributed by atoms with E-state index in [4.69, 9.17) is 4.74 Å². The third-order valence-corrected chi connectivity index (χ3v) is 4.48. The Bertz CT molecular complexity index is 624. The topological polar surface area (TPSA) is 9.23 Å². The van der Waals surface area contributed by atoms with Crippen LogP contribution < -0.4 is 0 Å². The lowest BCUT2D eigenvalue weighted by Gasteiger charge is -2.13. The van der Waals surface area contributed by atoms with Crippen LogP contribution in [0.2, 0.25) is 0 Å². The first-order valence-electron chi connectivity index (χ1n) is 6.25. The van der Waals surface area contributed by atoms with Gasteiger partial charge in [-0.05, 0) is 29.7 Å². The van der Waals surface area contributed by atoms with E-state index in [1.165, 1.54) is 17.2 Å². The van der Waals surface area contributed by atoms with E-state index in [9.17, 15) is 4.39 Å². The minimum atomic E-state index is -0.177. The van der Waals surface area contributed by atoms with Crippen molar-refractivity contribution in [3.8, 4) is 0 Å². The molecule has 0 spiro atoms. The molecule has 0 saturated carbocycles. The van der Waals surface area contributed by atoms with Crippen molar-refractivity contribution < 1.29 is 9.13 Å². The van der Waals surface area contributed by atoms with Gasteiger partial charge < -0.3 is 4.74 Å². The molecule has 1 nitrogen and oxygen atoms in total. The van der Waals surface area contributed by atoms with Gasteiger partial charge in [0, 0.05) is 5.56 Å². The van der Waals surface area contributed by atoms with Crippen molar-refractivity contribution in [1.29, 1.82) is 0 Å². The molecule has 1 atom stereocenters. The molecular formula is C16H14BrFO. The molecule has 1 aliphatic rings. The smallest absolute Gasteiger partial charge is 0.127 e. The number of ether oxygens (including phenoxy) is 1. The van der Waals surface area contributed by atoms with Crippen LogP contribution in [0.5, 0.6) is 0 Å². The zero-order chi connectivity index (χ0) is 13.4. The zero-order valence-corrected chi connectivity index (χ0v) is 12.2. The molecule has 0 fully saturated rings. The molecule has 1 aliphatic heterocycles. The minimum Gasteiger partial charge on any atom is -0.372 e. The molecule has 3 heteroatoms. The maximum Gasteiger partial charge on any atom is 0.127 e. The van der Waals surface area contributed by atoms with E-state index in [0.29, 0.717) is 18.8 Å². The first kappa shape index (κ1) is 12.8. The van der Waals surface area contributed by atoms with Gasteiger partial charge >= 0.3 is 0 Å². The van der Waals surface area contributed by atoms with Gasteiger partial charge in [-0.2, -0.15) is 0 Å². The standard InChI is InChI=1S/C16H14BrFO/c1-10-2-5-15(18)14(6-10)16(17)11-3-4-12-8-19-9-13(12)7-11/h2-7,16H,8-9H2,1H3. The summed E-state index contributed by atoms with van der Waals surface area (Å²) >= 11 is 3.61. The summed E-state index contributed by atoms with van der Waals surface area (Å²) < 4.78 is 19.3. The van der Waals surface area contributed by atoms with Crippen molar-refractivity contribution in [1.82, 2.24) is 0 Å². The predicted octanol–water partition coefficient (Wildman–Crippen LogP) is 4.65. The van der Waals surface area contributed by atoms with Crippen LogP contribution in [0.4, 0.5) is 4.39 Å². The van der Waals surface area contributed by atoms with E-state index in [0.717, 1.165) is 11.1 Å². The van der Waals surface area contributed by atoms with Crippen LogP contribution in [0, 0.1) is 12.7 Å². The van der Waals surface area contributed by atoms with Crippen LogP contribution in [0.3, 0.4) is 0 Å². The van der Waals surface area contributed by atoms with Crippen LogP contribution in [0.25, 0.3) is 0 Å². The van der Waals surface area contributed by atoms with Gasteiger partial charge in [0.25, 0.3) is 0 Å². The summed E-state index contributed by atoms with van der Waals surface area (Å²) in [6, 6.07) is 11.4. The maximum atomic E-state index is 13.9. The van der Waals surface area contributed by atoms with Gasteiger partial charge in [0.1, 0.15) is 5.82 Å². The first-order valence-corrected chi connectivity index (χ1v) is 7.16. The third kappa shape index (κ3) is 2.45. The zero-order valence-electron chi connectivity index (χ0n) is 10.6. The van der Waals surface area contributed by atoms with Crippen LogP contribution in [0.1, 0.15) is 32.6 Å². The highest BCUT2D eigenvalue weighted by Crippen LogP contribution is 2.35. The molecule has 1 unspecified atom stereocenters. The fourth-order valence-electron chi connectivity index (χ4n) is 2.39. The normalized spacial score (nSPS) is 15.3. The number of aryl methyl sites for hydroxylation is 1. The Kier molecular flexibility index (Phi) is 3.42. The fraction of sp³-hybridized carbons (Fsp3) is 0.250. The fourth-order valence-corrected chi connectivity index (χ4v) is 3.02. The van der Waals surface area contributed by atoms with E-state index < -0.39 is 0 Å². The van der Waals surface area contributed by atoms with E-state index in [1.54, 1.807) is 6.07 Å². The summed E-state index contributed by atoms with van der Waals surface area (Å²) in [5.41, 5.74) is 5.24. The van der Waals surface area contributed by atoms with Crippen molar-refractivity contribution in [2.75, 3.05) is 0 Å². The van der Waals surface area contributed by atoms with Crippen molar-refractivity contribution in [3.05, 3.63) is 70.0 Å². The Balaban J connectivity index is 1.99. The van der Waals surface area contributed by atoms with Crippen molar-refractivity contribution in [3.63, 3.8) is 0 Å². The third-order valence-electron chi connectivity index (χ3n) is 3.46. The summed E-state index contributed by atoms with van der Waals surface area (Å²) in [5.74, 6) is -0.177. The number of rotatable bonds is 2. The quantitative estimate of drug-likeness (QED) is 0.732. The molecule has 3 rings (SSSR count). The Morgan fingerprint density at radius 1 is 1.11 bits per heavy atom. The molecule has 0 amide bonds. The molecule has 19 heavy (non-hydrogen) atoms. The Hall–Kier alpha value is -1.19. The van der Waals surface area contributed by atoms with Crippen molar-refractivity contribution >= 4 is 15.9 Å². The summed E-state index contributed by atoms with van der Waals surface area (Å²) in [6.45, 7) is 3.31. The number of fused-ring (bicyclic) bond motifs is 1. The maximum absolute atomic E-state index is 13.9. The second-order valence-electron chi connectivity index (χ2n) is 4.91. The first-order chi connectivity index (χ1) is 9.15. The van der Waals surface area contributed by atoms with Gasteiger partial charge in [0.05, 0.1) is 18.0 Å². The summed E-state index contributed by atoms with van der Waals surface area (Å²) in [4.78, 5) is -0.127. The average Bonchev–Trinajstić information content (AvgIpc) is 2.88. The van der Waals surface area contributed by atoms with E-state index >= 15 is 0 Å². The van der Waals surface area contributed by atoms with Crippen LogP contribution in [0.15, 0.2) is 36.4 Å². The lowest BCUT2D eigenvalue weighted by molar-refractivity contribution is 0.134. The lowest BCUT2D eigenvalue weighted by atomic mass is 9.99. The Morgan fingerprint density at radius 3 is 2.74 bits per heavy atom. The van der Waals surface area contributed by atoms with Crippen LogP contribution in [-0.2, 0) is 18.0 Å². The summed E-state index contributed by atoms with van der Waals surface area (Å²) in [5, 5.41) is 0. The SMILES string of the molecule is Cc1ccc(F)c(C(Br)c2ccc3c(c2)COC3)c1. The van der Waals surface area contributed by atoms with E-state index in [-0.39, 0.29) is 10.6 Å². The average molecular weight is 321 g/mol. The van der Waals surface area contributed by atoms with E-state index in [2.05, 4.69) is 28.1 Å². The monoisotopic (exact) mass is 320 g/mol. The van der Waals surface area contributed by atoms with Gasteiger partial charge in [0.15, 0.2) is 0 Å². The van der Waals surface area contributed by atoms with Gasteiger partial charge in [0.2, 0.25) is 0 Å². The van der Waals surface area contributed by atoms with Crippen molar-refractivity contribution in [2.45, 2.75) is 25.0 Å². The highest BCUT2D eigenvalue weighted by Gasteiger charge is 2.18. The molecular weight excluding hydrogens is 307 g/mol. The van der Waals surface area contributed by atoms with Gasteiger partial charge in [-0.25, -0.2) is 4.39 Å². The molecule has 2 aromatic rings. The number of hydrogen-bond acceptors (Lipinski definition) is 1. The molecule has 0 N–H and O–H groups in total. The molecule has 0 saturated heterocycles. The van der Waals surface area contributed by atoms with Crippen LogP contribution in [-0.4, -0.2) is 0 Å². The van der Waals surface area contributed by atoms with Gasteiger partial charge in [-0.1, -0.05) is 51.8 Å². The number of halogens is 2. The molecule has 0 bridgehead atoms. The summed E-state index contributed by atoms with van der Waals surface area (Å²) in [6.07, 6.45) is 0. The number of hydrogen-bond donors (Lipinski definition) is 0. The largest absolute Gasteiger partial charge is 0.372 e. The number of benzene rings is 2. The Morgan fingerprint density at radius 2 is 1.89 bits per heavy atom. The van der Waals surface area contributed by atoms with Crippen molar-refractivity contribution in [2.24, 2.45) is 0 Å². The van der Waals surface area contributed by atoms with Gasteiger partial charge in [-0.3, -0.25) is 0 Å². The molecule has 1 heterocycles. The molecule has 0 aliphatic carbocycles. The highest BCUT2D eigenvalue weighted by molar-refractivity contribution is 9.09. The molecule has 2 aromatic carbocycles. The molecule has 0 radical (unpaired) electrons. The second kappa shape index (κ2) is 5.06. The molecule has 98 valence electrons. The highest BCUT2D eigenvalue weighted by atomic mass is 79.9. The number of alkyl halides is 1. The predicted molar refractivity (Wildman–Crippen MR) is 76.8 cm³/mol. The minimum absolute atomic E-state index is 0.127. The van der Waals surface area contributed by atoms with Crippen LogP contribution >= 0.6 is 15.9 Å². The Labute approximate surface area is 120 Å². The van der Waals surface area contributed by atoms with Gasteiger partial charge in [-0.15, -0.1) is 0 Å². The lowest BCUT2D eigenvalue weighted by Crippen LogP contribution is -1.98. The molecule has 0 aromatic heterocycles.